The number of carbonyl (C=O) groups is 1. The highest BCUT2D eigenvalue weighted by atomic mass is 127. The van der Waals surface area contributed by atoms with Gasteiger partial charge in [0.05, 0.1) is 41.6 Å². The highest BCUT2D eigenvalue weighted by Crippen LogP contribution is 2.52. The van der Waals surface area contributed by atoms with Crippen molar-refractivity contribution in [2.45, 2.75) is 75.2 Å². The van der Waals surface area contributed by atoms with Crippen LogP contribution in [0.4, 0.5) is 14.9 Å². The zero-order valence-corrected chi connectivity index (χ0v) is 22.6. The van der Waals surface area contributed by atoms with Crippen LogP contribution in [0, 0.1) is 0 Å². The van der Waals surface area contributed by atoms with Gasteiger partial charge in [-0.2, -0.15) is 10.2 Å². The molecule has 3 aromatic heterocycles. The predicted molar refractivity (Wildman–Crippen MR) is 142 cm³/mol. The molecule has 3 aromatic rings. The molecule has 186 valence electrons. The van der Waals surface area contributed by atoms with Crippen molar-refractivity contribution < 1.29 is 14.3 Å². The maximum absolute atomic E-state index is 14.2. The molecule has 1 spiro atoms. The number of hydrogen-bond donors (Lipinski definition) is 2. The Morgan fingerprint density at radius 3 is 2.74 bits per heavy atom. The highest BCUT2D eigenvalue weighted by Gasteiger charge is 2.57. The fourth-order valence-corrected chi connectivity index (χ4v) is 6.26. The lowest BCUT2D eigenvalue weighted by Crippen LogP contribution is -2.55. The van der Waals surface area contributed by atoms with Crippen LogP contribution in [0.1, 0.15) is 51.9 Å². The molecule has 2 N–H and O–H groups in total. The van der Waals surface area contributed by atoms with Crippen molar-refractivity contribution in [2.75, 3.05) is 11.9 Å². The number of nitrogens with zero attached hydrogens (tertiary/aromatic N) is 6. The molecule has 6 rings (SSSR count). The lowest BCUT2D eigenvalue weighted by molar-refractivity contribution is -0.0428. The summed E-state index contributed by atoms with van der Waals surface area (Å²) < 4.78 is 17.6. The summed E-state index contributed by atoms with van der Waals surface area (Å²) in [6.07, 6.45) is 10.7. The molecule has 12 heteroatoms. The smallest absolute Gasteiger partial charge is 0.322 e. The third kappa shape index (κ3) is 4.44. The lowest BCUT2D eigenvalue weighted by atomic mass is 9.83. The van der Waals surface area contributed by atoms with E-state index in [4.69, 9.17) is 0 Å². The van der Waals surface area contributed by atoms with Gasteiger partial charge in [-0.3, -0.25) is 9.67 Å². The minimum atomic E-state index is -1.13. The zero-order valence-electron chi connectivity index (χ0n) is 19.5. The number of nitrogens with one attached hydrogen (secondary N) is 1. The fourth-order valence-electron chi connectivity index (χ4n) is 5.21. The van der Waals surface area contributed by atoms with Crippen molar-refractivity contribution >= 4 is 51.0 Å². The normalized spacial score (nSPS) is 24.5. The second-order valence-corrected chi connectivity index (χ2v) is 12.4. The van der Waals surface area contributed by atoms with Gasteiger partial charge in [-0.05, 0) is 73.1 Å². The van der Waals surface area contributed by atoms with Gasteiger partial charge < -0.3 is 15.3 Å². The van der Waals surface area contributed by atoms with Gasteiger partial charge in [0.2, 0.25) is 0 Å². The Hall–Kier alpha value is -1.85. The number of piperidine rings is 1. The van der Waals surface area contributed by atoms with Crippen molar-refractivity contribution in [2.24, 2.45) is 0 Å². The van der Waals surface area contributed by atoms with E-state index in [1.54, 1.807) is 15.3 Å². The average Bonchev–Trinajstić information content (AvgIpc) is 3.65. The molecule has 0 aromatic carbocycles. The Morgan fingerprint density at radius 2 is 2.06 bits per heavy atom. The summed E-state index contributed by atoms with van der Waals surface area (Å²) >= 11 is 2.24. The Balaban J connectivity index is 1.26. The maximum Gasteiger partial charge on any atom is 0.322 e. The first-order valence-corrected chi connectivity index (χ1v) is 16.1. The Kier molecular flexibility index (Phi) is 5.61. The second-order valence-electron chi connectivity index (χ2n) is 10.3. The first kappa shape index (κ1) is 23.5. The van der Waals surface area contributed by atoms with Crippen molar-refractivity contribution in [3.05, 3.63) is 24.7 Å². The molecule has 2 aliphatic carbocycles. The van der Waals surface area contributed by atoms with Crippen LogP contribution >= 0.6 is 28.4 Å². The van der Waals surface area contributed by atoms with Crippen LogP contribution in [0.25, 0.3) is 22.3 Å². The molecular weight excluding hydrogens is 583 g/mol. The molecule has 2 saturated carbocycles. The molecule has 9 nitrogen and oxygen atoms in total. The number of anilines is 1. The number of rotatable bonds is 6. The number of urea groups is 1. The van der Waals surface area contributed by atoms with Crippen LogP contribution in [0.3, 0.4) is 0 Å². The van der Waals surface area contributed by atoms with E-state index in [1.165, 1.54) is 0 Å². The third-order valence-electron chi connectivity index (χ3n) is 7.72. The van der Waals surface area contributed by atoms with Crippen LogP contribution in [-0.4, -0.2) is 63.7 Å². The number of alkyl halides is 1. The summed E-state index contributed by atoms with van der Waals surface area (Å²) in [4.78, 5) is 19.9. The second kappa shape index (κ2) is 8.34. The predicted octanol–water partition coefficient (Wildman–Crippen LogP) is 4.89. The SMILES string of the molecule is CC[C@@]1(O)CCN(C(=O)Nc2cn(PI)nc2-c2cc3nn(CC4(F)CC4)cc3cn2)C2(CC2)C1. The topological polar surface area (TPSA) is 101 Å². The Labute approximate surface area is 217 Å². The molecule has 1 saturated heterocycles. The van der Waals surface area contributed by atoms with E-state index in [0.29, 0.717) is 62.1 Å². The number of halogens is 2. The minimum Gasteiger partial charge on any atom is -0.390 e. The van der Waals surface area contributed by atoms with Gasteiger partial charge in [0.25, 0.3) is 0 Å². The molecule has 4 heterocycles. The van der Waals surface area contributed by atoms with Crippen molar-refractivity contribution in [1.29, 1.82) is 0 Å². The van der Waals surface area contributed by atoms with Gasteiger partial charge in [-0.25, -0.2) is 13.6 Å². The molecule has 3 fully saturated rings. The average molecular weight is 611 g/mol. The number of pyridine rings is 1. The number of hydrogen-bond acceptors (Lipinski definition) is 5. The molecule has 3 aliphatic rings. The van der Waals surface area contributed by atoms with Gasteiger partial charge in [-0.1, -0.05) is 6.92 Å². The number of likely N-dealkylation sites (tertiary alicyclic amines) is 1. The standard InChI is InChI=1S/C23H28FIN7O2P/c1-2-23(34)7-8-31(22(13-23)5-6-22)20(33)27-18-12-32(35-25)29-19(18)17-9-16-15(10-26-17)11-30(28-16)14-21(24)3-4-21/h9-12,34-35H,2-8,13-14H2,1H3,(H,27,33)/t23-/m1/s1. The van der Waals surface area contributed by atoms with Crippen LogP contribution in [0.5, 0.6) is 0 Å². The first-order chi connectivity index (χ1) is 16.7. The Morgan fingerprint density at radius 1 is 1.26 bits per heavy atom. The molecule has 35 heavy (non-hydrogen) atoms. The molecule has 1 aliphatic heterocycles. The van der Waals surface area contributed by atoms with E-state index < -0.39 is 11.3 Å². The fraction of sp³-hybridized carbons (Fsp3) is 0.565. The molecular formula is C23H28FIN7O2P. The summed E-state index contributed by atoms with van der Waals surface area (Å²) in [7, 11) is 0. The first-order valence-electron chi connectivity index (χ1n) is 12.0. The van der Waals surface area contributed by atoms with E-state index in [9.17, 15) is 14.3 Å². The quantitative estimate of drug-likeness (QED) is 0.306. The molecule has 0 radical (unpaired) electrons. The maximum atomic E-state index is 14.2. The van der Waals surface area contributed by atoms with Gasteiger partial charge in [0.15, 0.2) is 0 Å². The highest BCUT2D eigenvalue weighted by molar-refractivity contribution is 14.2. The molecule has 1 unspecified atom stereocenters. The summed E-state index contributed by atoms with van der Waals surface area (Å²) in [6, 6.07) is 1.67. The van der Waals surface area contributed by atoms with Gasteiger partial charge >= 0.3 is 6.03 Å². The summed E-state index contributed by atoms with van der Waals surface area (Å²) in [5, 5.41) is 23.9. The van der Waals surface area contributed by atoms with Crippen molar-refractivity contribution in [1.82, 2.24) is 29.2 Å². The van der Waals surface area contributed by atoms with E-state index in [2.05, 4.69) is 42.5 Å². The van der Waals surface area contributed by atoms with Crippen molar-refractivity contribution in [3.63, 3.8) is 0 Å². The van der Waals surface area contributed by atoms with E-state index >= 15 is 0 Å². The monoisotopic (exact) mass is 611 g/mol. The summed E-state index contributed by atoms with van der Waals surface area (Å²) in [5.74, 6) is 0. The number of amides is 2. The number of aromatic nitrogens is 5. The Bertz CT molecular complexity index is 1300. The largest absolute Gasteiger partial charge is 0.390 e. The third-order valence-corrected chi connectivity index (χ3v) is 9.61. The van der Waals surface area contributed by atoms with Gasteiger partial charge in [-0.15, -0.1) is 0 Å². The number of carbonyl (C=O) groups excluding carboxylic acids is 1. The molecule has 2 atom stereocenters. The van der Waals surface area contributed by atoms with E-state index in [-0.39, 0.29) is 18.1 Å². The van der Waals surface area contributed by atoms with Crippen LogP contribution in [0.15, 0.2) is 24.7 Å². The molecule has 0 bridgehead atoms. The van der Waals surface area contributed by atoms with Crippen LogP contribution in [0.2, 0.25) is 0 Å². The van der Waals surface area contributed by atoms with Gasteiger partial charge in [0, 0.05) is 29.9 Å². The lowest BCUT2D eigenvalue weighted by Gasteiger charge is -2.44. The van der Waals surface area contributed by atoms with Crippen molar-refractivity contribution in [3.8, 4) is 11.4 Å². The molecule has 2 amide bonds. The van der Waals surface area contributed by atoms with E-state index in [1.807, 2.05) is 30.3 Å². The zero-order chi connectivity index (χ0) is 24.4. The minimum absolute atomic E-state index is 0.165. The summed E-state index contributed by atoms with van der Waals surface area (Å²) in [5.41, 5.74) is 0.440. The summed E-state index contributed by atoms with van der Waals surface area (Å²) in [6.45, 7) is 2.80. The van der Waals surface area contributed by atoms with E-state index in [0.717, 1.165) is 23.7 Å². The van der Waals surface area contributed by atoms with Crippen LogP contribution < -0.4 is 5.32 Å². The number of aliphatic hydroxyl groups is 1. The number of fused-ring (bicyclic) bond motifs is 1. The van der Waals surface area contributed by atoms with Crippen LogP contribution in [-0.2, 0) is 6.54 Å². The van der Waals surface area contributed by atoms with Gasteiger partial charge in [0.1, 0.15) is 11.4 Å².